The maximum Gasteiger partial charge on any atom is 0.185 e. The Hall–Kier alpha value is -0.380. The molecule has 1 saturated heterocycles. The molecule has 0 aliphatic carbocycles. The van der Waals surface area contributed by atoms with Crippen LogP contribution in [0, 0.1) is 0 Å². The summed E-state index contributed by atoms with van der Waals surface area (Å²) in [7, 11) is -1.88. The van der Waals surface area contributed by atoms with Gasteiger partial charge >= 0.3 is 0 Å². The number of anilines is 1. The Morgan fingerprint density at radius 1 is 1.30 bits per heavy atom. The van der Waals surface area contributed by atoms with Gasteiger partial charge in [0.2, 0.25) is 0 Å². The van der Waals surface area contributed by atoms with E-state index in [-0.39, 0.29) is 0 Å². The van der Waals surface area contributed by atoms with Gasteiger partial charge in [0.05, 0.1) is 12.8 Å². The second kappa shape index (κ2) is 6.59. The largest absolute Gasteiger partial charge is 0.346 e. The Labute approximate surface area is 126 Å². The van der Waals surface area contributed by atoms with Gasteiger partial charge in [-0.05, 0) is 19.2 Å². The summed E-state index contributed by atoms with van der Waals surface area (Å²) in [6.45, 7) is 13.3. The summed E-state index contributed by atoms with van der Waals surface area (Å²) in [5.74, 6) is 0.504. The minimum Gasteiger partial charge on any atom is -0.346 e. The molecule has 0 atom stereocenters. The third-order valence-corrected chi connectivity index (χ3v) is 5.90. The van der Waals surface area contributed by atoms with Crippen LogP contribution in [0.25, 0.3) is 0 Å². The lowest BCUT2D eigenvalue weighted by molar-refractivity contribution is 0.272. The summed E-state index contributed by atoms with van der Waals surface area (Å²) < 4.78 is 11.8. The van der Waals surface area contributed by atoms with Crippen molar-refractivity contribution < 1.29 is 4.57 Å². The van der Waals surface area contributed by atoms with Crippen molar-refractivity contribution in [3.05, 3.63) is 11.1 Å². The molecule has 1 aromatic heterocycles. The summed E-state index contributed by atoms with van der Waals surface area (Å²) in [6, 6.07) is 0. The van der Waals surface area contributed by atoms with E-state index < -0.39 is 7.14 Å². The zero-order valence-corrected chi connectivity index (χ0v) is 14.7. The molecule has 0 amide bonds. The average molecular weight is 315 g/mol. The van der Waals surface area contributed by atoms with Crippen molar-refractivity contribution in [2.45, 2.75) is 19.8 Å². The van der Waals surface area contributed by atoms with Gasteiger partial charge < -0.3 is 9.46 Å². The van der Waals surface area contributed by atoms with Crippen molar-refractivity contribution >= 4 is 23.6 Å². The van der Waals surface area contributed by atoms with Gasteiger partial charge in [-0.3, -0.25) is 4.90 Å². The van der Waals surface area contributed by atoms with E-state index in [0.29, 0.717) is 5.92 Å². The second-order valence-corrected chi connectivity index (χ2v) is 10.8. The molecule has 0 aromatic carbocycles. The molecule has 1 aliphatic rings. The number of rotatable bonds is 5. The molecule has 6 heteroatoms. The first-order valence-corrected chi connectivity index (χ1v) is 11.0. The van der Waals surface area contributed by atoms with Crippen LogP contribution in [0.2, 0.25) is 0 Å². The van der Waals surface area contributed by atoms with Crippen molar-refractivity contribution in [3.63, 3.8) is 0 Å². The summed E-state index contributed by atoms with van der Waals surface area (Å²) >= 11 is 1.76. The lowest BCUT2D eigenvalue weighted by atomic mass is 10.2. The third kappa shape index (κ3) is 4.57. The van der Waals surface area contributed by atoms with E-state index in [4.69, 9.17) is 4.98 Å². The van der Waals surface area contributed by atoms with Gasteiger partial charge in [-0.15, -0.1) is 11.3 Å². The fourth-order valence-corrected chi connectivity index (χ4v) is 4.04. The van der Waals surface area contributed by atoms with Crippen LogP contribution < -0.4 is 4.90 Å². The lowest BCUT2D eigenvalue weighted by Gasteiger charge is -2.34. The molecule has 2 heterocycles. The number of hydrogen-bond acceptors (Lipinski definition) is 5. The van der Waals surface area contributed by atoms with Crippen LogP contribution >= 0.6 is 18.5 Å². The first-order valence-electron chi connectivity index (χ1n) is 7.32. The van der Waals surface area contributed by atoms with Gasteiger partial charge in [-0.1, -0.05) is 13.8 Å². The van der Waals surface area contributed by atoms with E-state index in [1.165, 1.54) is 5.69 Å². The highest BCUT2D eigenvalue weighted by molar-refractivity contribution is 7.62. The molecule has 0 spiro atoms. The van der Waals surface area contributed by atoms with Gasteiger partial charge in [0, 0.05) is 44.3 Å². The molecule has 2 rings (SSSR count). The van der Waals surface area contributed by atoms with Gasteiger partial charge in [-0.25, -0.2) is 4.98 Å². The predicted octanol–water partition coefficient (Wildman–Crippen LogP) is 3.01. The molecule has 20 heavy (non-hydrogen) atoms. The fourth-order valence-electron chi connectivity index (χ4n) is 2.23. The molecular weight excluding hydrogens is 289 g/mol. The first kappa shape index (κ1) is 16.0. The molecule has 0 radical (unpaired) electrons. The smallest absolute Gasteiger partial charge is 0.185 e. The maximum atomic E-state index is 11.8. The van der Waals surface area contributed by atoms with E-state index in [1.807, 2.05) is 13.3 Å². The van der Waals surface area contributed by atoms with Crippen LogP contribution in [0.3, 0.4) is 0 Å². The Morgan fingerprint density at radius 3 is 2.45 bits per heavy atom. The predicted molar refractivity (Wildman–Crippen MR) is 89.2 cm³/mol. The van der Waals surface area contributed by atoms with E-state index in [0.717, 1.165) is 44.0 Å². The van der Waals surface area contributed by atoms with Crippen LogP contribution in [-0.2, 0) is 4.57 Å². The van der Waals surface area contributed by atoms with Gasteiger partial charge in [0.1, 0.15) is 0 Å². The summed E-state index contributed by atoms with van der Waals surface area (Å²) in [6.07, 6.45) is 0.835. The summed E-state index contributed by atoms with van der Waals surface area (Å²) in [5.41, 5.74) is 1.20. The van der Waals surface area contributed by atoms with Crippen LogP contribution in [0.1, 0.15) is 25.5 Å². The quantitative estimate of drug-likeness (QED) is 0.783. The highest BCUT2D eigenvalue weighted by Crippen LogP contribution is 2.35. The Bertz CT molecular complexity index is 475. The van der Waals surface area contributed by atoms with Crippen molar-refractivity contribution in [3.8, 4) is 0 Å². The average Bonchev–Trinajstić information content (AvgIpc) is 2.86. The standard InChI is InChI=1S/C14H26N3OPS/c1-12(2)13-11-20-14(15-13)17-7-5-16(6-8-17)9-10-19(3,4)18/h11-12H,5-10H2,1-4H3. The van der Waals surface area contributed by atoms with E-state index in [1.54, 1.807) is 11.3 Å². The zero-order valence-electron chi connectivity index (χ0n) is 13.0. The van der Waals surface area contributed by atoms with E-state index in [2.05, 4.69) is 29.0 Å². The first-order chi connectivity index (χ1) is 9.35. The van der Waals surface area contributed by atoms with Crippen molar-refractivity contribution in [2.75, 3.05) is 57.1 Å². The highest BCUT2D eigenvalue weighted by atomic mass is 32.1. The monoisotopic (exact) mass is 315 g/mol. The molecule has 114 valence electrons. The molecule has 0 bridgehead atoms. The minimum atomic E-state index is -1.88. The van der Waals surface area contributed by atoms with Crippen LogP contribution in [0.4, 0.5) is 5.13 Å². The number of nitrogens with zero attached hydrogens (tertiary/aromatic N) is 3. The van der Waals surface area contributed by atoms with E-state index in [9.17, 15) is 4.57 Å². The molecule has 0 unspecified atom stereocenters. The summed E-state index contributed by atoms with van der Waals surface area (Å²) in [4.78, 5) is 9.53. The molecule has 1 fully saturated rings. The van der Waals surface area contributed by atoms with Crippen LogP contribution in [0.15, 0.2) is 5.38 Å². The lowest BCUT2D eigenvalue weighted by Crippen LogP contribution is -2.47. The Kier molecular flexibility index (Phi) is 5.27. The van der Waals surface area contributed by atoms with Crippen molar-refractivity contribution in [1.29, 1.82) is 0 Å². The number of piperazine rings is 1. The van der Waals surface area contributed by atoms with Crippen molar-refractivity contribution in [2.24, 2.45) is 0 Å². The van der Waals surface area contributed by atoms with Crippen LogP contribution in [0.5, 0.6) is 0 Å². The molecule has 1 aliphatic heterocycles. The minimum absolute atomic E-state index is 0.504. The Balaban J connectivity index is 1.83. The molecule has 4 nitrogen and oxygen atoms in total. The number of thiazole rings is 1. The maximum absolute atomic E-state index is 11.8. The van der Waals surface area contributed by atoms with Crippen molar-refractivity contribution in [1.82, 2.24) is 9.88 Å². The third-order valence-electron chi connectivity index (χ3n) is 3.70. The molecule has 0 saturated carbocycles. The van der Waals surface area contributed by atoms with Gasteiger partial charge in [-0.2, -0.15) is 0 Å². The highest BCUT2D eigenvalue weighted by Gasteiger charge is 2.20. The number of aromatic nitrogens is 1. The van der Waals surface area contributed by atoms with Gasteiger partial charge in [0.25, 0.3) is 0 Å². The molecule has 0 N–H and O–H groups in total. The molecule has 1 aromatic rings. The van der Waals surface area contributed by atoms with E-state index >= 15 is 0 Å². The zero-order chi connectivity index (χ0) is 14.8. The molecular formula is C14H26N3OPS. The number of hydrogen-bond donors (Lipinski definition) is 0. The topological polar surface area (TPSA) is 36.4 Å². The van der Waals surface area contributed by atoms with Gasteiger partial charge in [0.15, 0.2) is 5.13 Å². The summed E-state index contributed by atoms with van der Waals surface area (Å²) in [5, 5.41) is 3.33. The van der Waals surface area contributed by atoms with Crippen LogP contribution in [-0.4, -0.2) is 62.1 Å². The fraction of sp³-hybridized carbons (Fsp3) is 0.786. The Morgan fingerprint density at radius 2 is 1.95 bits per heavy atom. The SMILES string of the molecule is CC(C)c1csc(N2CCN(CCP(C)(C)=O)CC2)n1. The second-order valence-electron chi connectivity index (χ2n) is 6.34. The normalized spacial score (nSPS) is 17.9.